The number of pyridine rings is 1. The van der Waals surface area contributed by atoms with Crippen molar-refractivity contribution in [1.29, 1.82) is 0 Å². The third-order valence-corrected chi connectivity index (χ3v) is 12.5. The average Bonchev–Trinajstić information content (AvgIpc) is 3.96. The Bertz CT molecular complexity index is 2580. The van der Waals surface area contributed by atoms with E-state index in [1.807, 2.05) is 45.2 Å². The van der Waals surface area contributed by atoms with E-state index in [2.05, 4.69) is 82.2 Å². The van der Waals surface area contributed by atoms with Gasteiger partial charge < -0.3 is 19.6 Å². The highest BCUT2D eigenvalue weighted by atomic mass is 19.1. The normalized spacial score (nSPS) is 17.2. The van der Waals surface area contributed by atoms with Crippen LogP contribution in [0.1, 0.15) is 86.4 Å². The lowest BCUT2D eigenvalue weighted by Crippen LogP contribution is -2.49. The second-order valence-corrected chi connectivity index (χ2v) is 17.8. The molecule has 0 spiro atoms. The average molecular weight is 839 g/mol. The van der Waals surface area contributed by atoms with Crippen LogP contribution in [0.4, 0.5) is 20.6 Å². The summed E-state index contributed by atoms with van der Waals surface area (Å²) >= 11 is 0. The number of piperidine rings is 2. The lowest BCUT2D eigenvalue weighted by Gasteiger charge is -2.38. The fraction of sp³-hybridized carbons (Fsp3) is 0.383. The van der Waals surface area contributed by atoms with Crippen LogP contribution in [0.3, 0.4) is 0 Å². The Kier molecular flexibility index (Phi) is 11.3. The number of urea groups is 1. The molecule has 3 aromatic carbocycles. The monoisotopic (exact) mass is 838 g/mol. The number of hydrogen-bond donors (Lipinski definition) is 3. The van der Waals surface area contributed by atoms with Crippen molar-refractivity contribution in [3.63, 3.8) is 0 Å². The molecule has 6 heterocycles. The number of likely N-dealkylation sites (tertiary alicyclic amines) is 1. The number of anilines is 2. The van der Waals surface area contributed by atoms with Crippen molar-refractivity contribution in [3.05, 3.63) is 108 Å². The number of carbonyl (C=O) groups is 3. The first-order valence-electron chi connectivity index (χ1n) is 21.5. The van der Waals surface area contributed by atoms with Gasteiger partial charge >= 0.3 is 17.8 Å². The summed E-state index contributed by atoms with van der Waals surface area (Å²) in [5, 5.41) is 17.2. The molecule has 14 nitrogen and oxygen atoms in total. The standard InChI is InChI=1S/C47H51FN10O4/c1-47(2,3)45-52-44(62-55-45)43(60)50-26-34-9-8-33(25-39(34)48)41-38-24-35(27-49-42(38)54-53-41)31-6-4-30(5-7-31)32-16-19-56(20-17-32)28-29-14-21-57(22-15-29)36-10-12-37(13-11-36)58-23-18-40(59)51-46(58)61/h4-13,24-25,27,29,32H,14-23,26,28H2,1-3H3,(H,50,60)(H,49,53,54)(H,51,59,61). The maximum Gasteiger partial charge on any atom is 0.328 e. The number of rotatable bonds is 10. The first-order chi connectivity index (χ1) is 29.9. The zero-order chi connectivity index (χ0) is 43.0. The van der Waals surface area contributed by atoms with Gasteiger partial charge in [0.25, 0.3) is 0 Å². The first kappa shape index (κ1) is 40.9. The van der Waals surface area contributed by atoms with Crippen molar-refractivity contribution in [2.45, 2.75) is 70.8 Å². The number of H-pyrrole nitrogens is 1. The molecule has 15 heteroatoms. The zero-order valence-corrected chi connectivity index (χ0v) is 35.3. The highest BCUT2D eigenvalue weighted by molar-refractivity contribution is 6.05. The van der Waals surface area contributed by atoms with Crippen LogP contribution in [-0.2, 0) is 16.8 Å². The summed E-state index contributed by atoms with van der Waals surface area (Å²) in [6.45, 7) is 11.5. The smallest absolute Gasteiger partial charge is 0.328 e. The Morgan fingerprint density at radius 1 is 0.871 bits per heavy atom. The van der Waals surface area contributed by atoms with E-state index in [4.69, 9.17) is 4.52 Å². The van der Waals surface area contributed by atoms with Crippen molar-refractivity contribution in [2.75, 3.05) is 49.1 Å². The van der Waals surface area contributed by atoms with Gasteiger partial charge in [-0.3, -0.25) is 24.9 Å². The highest BCUT2D eigenvalue weighted by Crippen LogP contribution is 2.34. The van der Waals surface area contributed by atoms with Gasteiger partial charge in [0.2, 0.25) is 5.91 Å². The number of fused-ring (bicyclic) bond motifs is 1. The van der Waals surface area contributed by atoms with E-state index in [0.717, 1.165) is 80.6 Å². The van der Waals surface area contributed by atoms with Crippen LogP contribution in [-0.4, -0.2) is 87.3 Å². The van der Waals surface area contributed by atoms with Crippen molar-refractivity contribution in [2.24, 2.45) is 5.92 Å². The van der Waals surface area contributed by atoms with Gasteiger partial charge in [0.1, 0.15) is 5.82 Å². The van der Waals surface area contributed by atoms with E-state index < -0.39 is 11.7 Å². The van der Waals surface area contributed by atoms with E-state index in [9.17, 15) is 14.4 Å². The van der Waals surface area contributed by atoms with E-state index >= 15 is 4.39 Å². The molecule has 9 rings (SSSR count). The Balaban J connectivity index is 0.759. The molecule has 3 aliphatic heterocycles. The van der Waals surface area contributed by atoms with Crippen molar-refractivity contribution in [3.8, 4) is 22.4 Å². The zero-order valence-electron chi connectivity index (χ0n) is 35.3. The summed E-state index contributed by atoms with van der Waals surface area (Å²) in [4.78, 5) is 51.9. The SMILES string of the molecule is CC(C)(C)c1noc(C(=O)NCc2ccc(-c3[nH]nc4ncc(-c5ccc(C6CCN(CC7CCN(c8ccc(N9CCC(=O)NC9=O)cc8)CC7)CC6)cc5)cc34)cc2F)n1. The van der Waals surface area contributed by atoms with Gasteiger partial charge in [-0.1, -0.05) is 62.3 Å². The largest absolute Gasteiger partial charge is 0.372 e. The fourth-order valence-corrected chi connectivity index (χ4v) is 8.78. The number of hydrogen-bond acceptors (Lipinski definition) is 10. The Hall–Kier alpha value is -6.48. The second kappa shape index (κ2) is 17.1. The van der Waals surface area contributed by atoms with E-state index in [-0.39, 0.29) is 29.8 Å². The number of nitrogens with one attached hydrogen (secondary N) is 3. The minimum atomic E-state index is -0.567. The van der Waals surface area contributed by atoms with Gasteiger partial charge in [0, 0.05) is 84.2 Å². The molecular weight excluding hydrogens is 788 g/mol. The lowest BCUT2D eigenvalue weighted by molar-refractivity contribution is -0.120. The third kappa shape index (κ3) is 8.80. The van der Waals surface area contributed by atoms with Gasteiger partial charge in [-0.15, -0.1) is 0 Å². The van der Waals surface area contributed by atoms with Crippen LogP contribution in [0, 0.1) is 11.7 Å². The summed E-state index contributed by atoms with van der Waals surface area (Å²) in [6, 6.07) is 23.5. The predicted octanol–water partition coefficient (Wildman–Crippen LogP) is 7.58. The summed E-state index contributed by atoms with van der Waals surface area (Å²) in [5.74, 6) is 0.205. The number of aromatic amines is 1. The van der Waals surface area contributed by atoms with Crippen molar-refractivity contribution in [1.82, 2.24) is 40.9 Å². The highest BCUT2D eigenvalue weighted by Gasteiger charge is 2.28. The van der Waals surface area contributed by atoms with Gasteiger partial charge in [0.05, 0.1) is 5.69 Å². The molecule has 320 valence electrons. The van der Waals surface area contributed by atoms with E-state index in [1.165, 1.54) is 17.3 Å². The number of imide groups is 1. The summed E-state index contributed by atoms with van der Waals surface area (Å²) in [6.07, 6.45) is 6.74. The van der Waals surface area contributed by atoms with Crippen LogP contribution in [0.5, 0.6) is 0 Å². The molecule has 0 aliphatic carbocycles. The molecule has 4 amide bonds. The molecule has 0 bridgehead atoms. The van der Waals surface area contributed by atoms with E-state index in [0.29, 0.717) is 53.1 Å². The molecule has 3 aliphatic rings. The minimum absolute atomic E-state index is 0.0441. The molecule has 3 fully saturated rings. The number of halogens is 1. The number of amides is 4. The molecule has 3 saturated heterocycles. The summed E-state index contributed by atoms with van der Waals surface area (Å²) < 4.78 is 20.5. The number of benzene rings is 3. The fourth-order valence-electron chi connectivity index (χ4n) is 8.78. The Labute approximate surface area is 359 Å². The minimum Gasteiger partial charge on any atom is -0.372 e. The molecule has 62 heavy (non-hydrogen) atoms. The maximum atomic E-state index is 15.4. The Morgan fingerprint density at radius 2 is 1.60 bits per heavy atom. The molecule has 6 aromatic rings. The predicted molar refractivity (Wildman–Crippen MR) is 234 cm³/mol. The number of carbonyl (C=O) groups excluding carboxylic acids is 3. The van der Waals surface area contributed by atoms with Crippen molar-refractivity contribution >= 4 is 40.3 Å². The Morgan fingerprint density at radius 3 is 2.29 bits per heavy atom. The van der Waals surface area contributed by atoms with Crippen LogP contribution in [0.15, 0.2) is 83.5 Å². The maximum absolute atomic E-state index is 15.4. The molecular formula is C47H51FN10O4. The number of nitrogens with zero attached hydrogens (tertiary/aromatic N) is 7. The lowest BCUT2D eigenvalue weighted by atomic mass is 9.87. The van der Waals surface area contributed by atoms with Crippen LogP contribution in [0.2, 0.25) is 0 Å². The molecule has 0 atom stereocenters. The second-order valence-electron chi connectivity index (χ2n) is 17.8. The first-order valence-corrected chi connectivity index (χ1v) is 21.5. The van der Waals surface area contributed by atoms with Crippen molar-refractivity contribution < 1.29 is 23.3 Å². The number of aromatic nitrogens is 5. The molecule has 0 saturated carbocycles. The van der Waals surface area contributed by atoms with Gasteiger partial charge in [0.15, 0.2) is 11.5 Å². The molecule has 0 radical (unpaired) electrons. The van der Waals surface area contributed by atoms with Crippen LogP contribution >= 0.6 is 0 Å². The summed E-state index contributed by atoms with van der Waals surface area (Å²) in [7, 11) is 0. The summed E-state index contributed by atoms with van der Waals surface area (Å²) in [5.41, 5.74) is 7.11. The quantitative estimate of drug-likeness (QED) is 0.125. The van der Waals surface area contributed by atoms with Gasteiger partial charge in [-0.25, -0.2) is 14.2 Å². The topological polar surface area (TPSA) is 165 Å². The van der Waals surface area contributed by atoms with E-state index in [1.54, 1.807) is 17.0 Å². The van der Waals surface area contributed by atoms with Gasteiger partial charge in [-0.05, 0) is 98.1 Å². The molecule has 3 N–H and O–H groups in total. The third-order valence-electron chi connectivity index (χ3n) is 12.5. The molecule has 0 unspecified atom stereocenters. The molecule has 3 aromatic heterocycles. The van der Waals surface area contributed by atoms with Crippen LogP contribution in [0.25, 0.3) is 33.4 Å². The van der Waals surface area contributed by atoms with Crippen LogP contribution < -0.4 is 20.4 Å². The van der Waals surface area contributed by atoms with Gasteiger partial charge in [-0.2, -0.15) is 10.1 Å².